The molecule has 214 valence electrons. The normalized spacial score (nSPS) is 12.3. The topological polar surface area (TPSA) is 18.1 Å². The average Bonchev–Trinajstić information content (AvgIpc) is 3.87. The van der Waals surface area contributed by atoms with Gasteiger partial charge in [0.1, 0.15) is 11.2 Å². The molecule has 0 atom stereocenters. The molecule has 4 heteroatoms. The van der Waals surface area contributed by atoms with E-state index in [0.29, 0.717) is 0 Å². The Morgan fingerprint density at radius 3 is 1.96 bits per heavy atom. The number of thiophene rings is 2. The second-order valence-electron chi connectivity index (χ2n) is 12.0. The van der Waals surface area contributed by atoms with Crippen molar-refractivity contribution in [3.63, 3.8) is 0 Å². The Morgan fingerprint density at radius 1 is 0.457 bits per heavy atom. The highest BCUT2D eigenvalue weighted by Gasteiger charge is 2.25. The third-order valence-corrected chi connectivity index (χ3v) is 12.0. The van der Waals surface area contributed by atoms with E-state index >= 15 is 0 Å². The summed E-state index contributed by atoms with van der Waals surface area (Å²) in [5.74, 6) is 0. The molecule has 7 aromatic carbocycles. The minimum Gasteiger partial charge on any atom is -0.455 e. The van der Waals surface area contributed by atoms with Crippen LogP contribution in [-0.4, -0.2) is 4.57 Å². The van der Waals surface area contributed by atoms with E-state index in [0.717, 1.165) is 22.2 Å². The molecule has 0 bridgehead atoms. The fourth-order valence-electron chi connectivity index (χ4n) is 7.65. The summed E-state index contributed by atoms with van der Waals surface area (Å²) in [7, 11) is 0. The maximum absolute atomic E-state index is 6.72. The maximum Gasteiger partial charge on any atom is 0.145 e. The number of furan rings is 1. The van der Waals surface area contributed by atoms with Gasteiger partial charge >= 0.3 is 0 Å². The second-order valence-corrected chi connectivity index (χ2v) is 14.1. The number of hydrogen-bond acceptors (Lipinski definition) is 3. The molecule has 0 N–H and O–H groups in total. The van der Waals surface area contributed by atoms with E-state index in [-0.39, 0.29) is 0 Å². The number of para-hydroxylation sites is 2. The number of hydrogen-bond donors (Lipinski definition) is 0. The van der Waals surface area contributed by atoms with Crippen molar-refractivity contribution in [2.45, 2.75) is 0 Å². The molecule has 4 aromatic heterocycles. The Balaban J connectivity index is 1.25. The van der Waals surface area contributed by atoms with Crippen LogP contribution >= 0.6 is 22.7 Å². The zero-order chi connectivity index (χ0) is 29.9. The van der Waals surface area contributed by atoms with Crippen molar-refractivity contribution in [2.75, 3.05) is 0 Å². The predicted molar refractivity (Wildman–Crippen MR) is 199 cm³/mol. The van der Waals surface area contributed by atoms with Crippen molar-refractivity contribution in [2.24, 2.45) is 0 Å². The lowest BCUT2D eigenvalue weighted by Crippen LogP contribution is -1.94. The van der Waals surface area contributed by atoms with E-state index in [1.807, 2.05) is 22.7 Å². The summed E-state index contributed by atoms with van der Waals surface area (Å²) in [6.45, 7) is 0. The lowest BCUT2D eigenvalue weighted by Gasteiger charge is -2.11. The first-order valence-corrected chi connectivity index (χ1v) is 17.2. The van der Waals surface area contributed by atoms with Gasteiger partial charge in [-0.1, -0.05) is 103 Å². The number of aromatic nitrogens is 1. The molecule has 0 radical (unpaired) electrons. The third kappa shape index (κ3) is 3.20. The van der Waals surface area contributed by atoms with Gasteiger partial charge in [-0.05, 0) is 47.5 Å². The fraction of sp³-hybridized carbons (Fsp3) is 0. The van der Waals surface area contributed by atoms with Gasteiger partial charge in [-0.2, -0.15) is 0 Å². The van der Waals surface area contributed by atoms with E-state index in [1.165, 1.54) is 78.7 Å². The molecule has 0 aliphatic carbocycles. The molecular weight excluding hydrogens is 599 g/mol. The van der Waals surface area contributed by atoms with E-state index in [9.17, 15) is 0 Å². The molecule has 11 aromatic rings. The monoisotopic (exact) mass is 621 g/mol. The minimum atomic E-state index is 0.929. The Morgan fingerprint density at radius 2 is 1.11 bits per heavy atom. The summed E-state index contributed by atoms with van der Waals surface area (Å²) in [6, 6.07) is 50.7. The molecule has 0 spiro atoms. The SMILES string of the molecule is c1ccc2c(c1)oc1c3c4ccccc4sc3c3c(c4ccccc4n3-c3ccc(-c4cccc5c4sc4ccccc45)cc3)c21. The first kappa shape index (κ1) is 24.8. The Hall–Kier alpha value is -5.42. The zero-order valence-corrected chi connectivity index (χ0v) is 26.1. The third-order valence-electron chi connectivity index (χ3n) is 9.60. The first-order valence-electron chi connectivity index (χ1n) is 15.5. The van der Waals surface area contributed by atoms with Crippen LogP contribution in [0.2, 0.25) is 0 Å². The highest BCUT2D eigenvalue weighted by Crippen LogP contribution is 2.50. The summed E-state index contributed by atoms with van der Waals surface area (Å²) < 4.78 is 14.4. The largest absolute Gasteiger partial charge is 0.455 e. The van der Waals surface area contributed by atoms with Gasteiger partial charge in [-0.25, -0.2) is 0 Å². The molecule has 0 fully saturated rings. The molecule has 0 aliphatic rings. The van der Waals surface area contributed by atoms with E-state index in [1.54, 1.807) is 0 Å². The van der Waals surface area contributed by atoms with E-state index < -0.39 is 0 Å². The van der Waals surface area contributed by atoms with Gasteiger partial charge in [0.15, 0.2) is 0 Å². The number of rotatable bonds is 2. The van der Waals surface area contributed by atoms with Crippen LogP contribution in [0.1, 0.15) is 0 Å². The van der Waals surface area contributed by atoms with Gasteiger partial charge in [0.25, 0.3) is 0 Å². The summed E-state index contributed by atoms with van der Waals surface area (Å²) in [4.78, 5) is 0. The standard InChI is InChI=1S/C42H23NOS2/c1-5-16-32-29(11-1)36-37-30-12-2-6-17-33(30)44-40(37)38-31-13-4-8-19-35(31)46-42(38)39(36)43(32)25-22-20-24(21-23-25)26-14-9-15-28-27-10-3-7-18-34(27)45-41(26)28/h1-23H. The first-order chi connectivity index (χ1) is 22.8. The zero-order valence-electron chi connectivity index (χ0n) is 24.5. The lowest BCUT2D eigenvalue weighted by atomic mass is 10.0. The van der Waals surface area contributed by atoms with Crippen LogP contribution in [0.4, 0.5) is 0 Å². The summed E-state index contributed by atoms with van der Waals surface area (Å²) in [5, 5.41) is 9.97. The van der Waals surface area contributed by atoms with Gasteiger partial charge in [0.2, 0.25) is 0 Å². The van der Waals surface area contributed by atoms with Crippen molar-refractivity contribution in [1.29, 1.82) is 0 Å². The molecule has 0 saturated carbocycles. The van der Waals surface area contributed by atoms with Crippen LogP contribution in [0.3, 0.4) is 0 Å². The molecule has 2 nitrogen and oxygen atoms in total. The quantitative estimate of drug-likeness (QED) is 0.188. The minimum absolute atomic E-state index is 0.929. The Bertz CT molecular complexity index is 3020. The van der Waals surface area contributed by atoms with Crippen LogP contribution in [0.25, 0.3) is 101 Å². The molecule has 4 heterocycles. The summed E-state index contributed by atoms with van der Waals surface area (Å²) >= 11 is 3.75. The van der Waals surface area contributed by atoms with Gasteiger partial charge in [-0.3, -0.25) is 0 Å². The molecular formula is C42H23NOS2. The molecule has 0 unspecified atom stereocenters. The second kappa shape index (κ2) is 9.07. The van der Waals surface area contributed by atoms with Crippen molar-refractivity contribution in [1.82, 2.24) is 4.57 Å². The average molecular weight is 622 g/mol. The Kier molecular flexibility index (Phi) is 4.90. The van der Waals surface area contributed by atoms with Crippen molar-refractivity contribution in [3.05, 3.63) is 140 Å². The lowest BCUT2D eigenvalue weighted by molar-refractivity contribution is 0.673. The number of nitrogens with zero attached hydrogens (tertiary/aromatic N) is 1. The molecule has 0 amide bonds. The van der Waals surface area contributed by atoms with Crippen molar-refractivity contribution in [3.8, 4) is 16.8 Å². The van der Waals surface area contributed by atoms with Gasteiger partial charge in [0.05, 0.1) is 15.7 Å². The van der Waals surface area contributed by atoms with Gasteiger partial charge < -0.3 is 8.98 Å². The molecule has 46 heavy (non-hydrogen) atoms. The maximum atomic E-state index is 6.72. The summed E-state index contributed by atoms with van der Waals surface area (Å²) in [5.41, 5.74) is 8.03. The Labute approximate surface area is 270 Å². The van der Waals surface area contributed by atoms with Crippen LogP contribution in [0, 0.1) is 0 Å². The van der Waals surface area contributed by atoms with E-state index in [4.69, 9.17) is 4.42 Å². The number of fused-ring (bicyclic) bond motifs is 15. The summed E-state index contributed by atoms with van der Waals surface area (Å²) in [6.07, 6.45) is 0. The van der Waals surface area contributed by atoms with Crippen LogP contribution in [0.5, 0.6) is 0 Å². The molecule has 0 aliphatic heterocycles. The molecule has 0 saturated heterocycles. The van der Waals surface area contributed by atoms with Crippen molar-refractivity contribution >= 4 is 107 Å². The highest BCUT2D eigenvalue weighted by atomic mass is 32.1. The van der Waals surface area contributed by atoms with Gasteiger partial charge in [0, 0.05) is 62.9 Å². The van der Waals surface area contributed by atoms with Crippen LogP contribution in [-0.2, 0) is 0 Å². The van der Waals surface area contributed by atoms with Gasteiger partial charge in [-0.15, -0.1) is 22.7 Å². The molecule has 11 rings (SSSR count). The number of benzene rings is 7. The van der Waals surface area contributed by atoms with E-state index in [2.05, 4.69) is 144 Å². The predicted octanol–water partition coefficient (Wildman–Crippen LogP) is 13.1. The van der Waals surface area contributed by atoms with Crippen LogP contribution in [0.15, 0.2) is 144 Å². The highest BCUT2D eigenvalue weighted by molar-refractivity contribution is 7.27. The fourth-order valence-corrected chi connectivity index (χ4v) is 10.1. The van der Waals surface area contributed by atoms with Crippen LogP contribution < -0.4 is 0 Å². The smallest absolute Gasteiger partial charge is 0.145 e. The van der Waals surface area contributed by atoms with Crippen molar-refractivity contribution < 1.29 is 4.42 Å².